The first-order valence-corrected chi connectivity index (χ1v) is 10.4. The SMILES string of the molecule is O=C(O)CCCCCN1C(=O)C(O)=C(C(=O)/C=C/c2ccccc2)C1c1cccc(F)c1. The number of carbonyl (C=O) groups excluding carboxylic acids is 2. The average Bonchev–Trinajstić information content (AvgIpc) is 3.03. The molecule has 1 unspecified atom stereocenters. The van der Waals surface area contributed by atoms with Crippen LogP contribution in [0.4, 0.5) is 4.39 Å². The molecule has 0 aromatic heterocycles. The molecular formula is C25H24FNO5. The van der Waals surface area contributed by atoms with Gasteiger partial charge in [0.15, 0.2) is 11.5 Å². The Kier molecular flexibility index (Phi) is 7.54. The molecular weight excluding hydrogens is 413 g/mol. The smallest absolute Gasteiger partial charge is 0.303 e. The Morgan fingerprint density at radius 3 is 2.47 bits per heavy atom. The van der Waals surface area contributed by atoms with Crippen LogP contribution >= 0.6 is 0 Å². The second kappa shape index (κ2) is 10.5. The lowest BCUT2D eigenvalue weighted by Crippen LogP contribution is -2.32. The van der Waals surface area contributed by atoms with Gasteiger partial charge in [0.2, 0.25) is 0 Å². The van der Waals surface area contributed by atoms with Gasteiger partial charge in [0.1, 0.15) is 5.82 Å². The Bertz CT molecular complexity index is 1060. The lowest BCUT2D eigenvalue weighted by molar-refractivity contribution is -0.137. The topological polar surface area (TPSA) is 94.9 Å². The van der Waals surface area contributed by atoms with Crippen LogP contribution < -0.4 is 0 Å². The maximum atomic E-state index is 13.9. The highest BCUT2D eigenvalue weighted by atomic mass is 19.1. The van der Waals surface area contributed by atoms with E-state index in [0.717, 1.165) is 5.56 Å². The summed E-state index contributed by atoms with van der Waals surface area (Å²) in [6.45, 7) is 0.197. The van der Waals surface area contributed by atoms with Crippen LogP contribution in [0, 0.1) is 5.82 Å². The number of aliphatic hydroxyl groups is 1. The van der Waals surface area contributed by atoms with Gasteiger partial charge in [-0.15, -0.1) is 0 Å². The second-order valence-corrected chi connectivity index (χ2v) is 7.53. The molecule has 1 heterocycles. The number of hydrogen-bond donors (Lipinski definition) is 2. The zero-order valence-corrected chi connectivity index (χ0v) is 17.4. The molecule has 2 N–H and O–H groups in total. The van der Waals surface area contributed by atoms with Gasteiger partial charge >= 0.3 is 5.97 Å². The highest BCUT2D eigenvalue weighted by Gasteiger charge is 2.42. The third kappa shape index (κ3) is 5.49. The summed E-state index contributed by atoms with van der Waals surface area (Å²) in [5.74, 6) is -3.30. The number of rotatable bonds is 10. The number of carboxylic acids is 1. The fraction of sp³-hybridized carbons (Fsp3) is 0.240. The van der Waals surface area contributed by atoms with E-state index in [1.807, 2.05) is 30.3 Å². The maximum absolute atomic E-state index is 13.9. The van der Waals surface area contributed by atoms with Crippen LogP contribution in [0.5, 0.6) is 0 Å². The molecule has 0 saturated carbocycles. The zero-order chi connectivity index (χ0) is 23.1. The number of hydrogen-bond acceptors (Lipinski definition) is 4. The number of ketones is 1. The van der Waals surface area contributed by atoms with Crippen LogP contribution in [-0.4, -0.2) is 39.3 Å². The van der Waals surface area contributed by atoms with Gasteiger partial charge in [-0.3, -0.25) is 14.4 Å². The predicted octanol–water partition coefficient (Wildman–Crippen LogP) is 4.45. The molecule has 2 aromatic carbocycles. The Hall–Kier alpha value is -3.74. The summed E-state index contributed by atoms with van der Waals surface area (Å²) in [7, 11) is 0. The maximum Gasteiger partial charge on any atom is 0.303 e. The van der Waals surface area contributed by atoms with Crippen molar-refractivity contribution >= 4 is 23.7 Å². The van der Waals surface area contributed by atoms with Crippen LogP contribution in [0.25, 0.3) is 6.08 Å². The van der Waals surface area contributed by atoms with Gasteiger partial charge in [0.05, 0.1) is 11.6 Å². The molecule has 0 fully saturated rings. The number of unbranched alkanes of at least 4 members (excludes halogenated alkanes) is 2. The van der Waals surface area contributed by atoms with Gasteiger partial charge in [-0.2, -0.15) is 0 Å². The molecule has 1 atom stereocenters. The molecule has 2 aromatic rings. The number of nitrogens with zero attached hydrogens (tertiary/aromatic N) is 1. The van der Waals surface area contributed by atoms with E-state index in [0.29, 0.717) is 24.8 Å². The van der Waals surface area contributed by atoms with E-state index in [4.69, 9.17) is 5.11 Å². The first kappa shape index (κ1) is 22.9. The van der Waals surface area contributed by atoms with Crippen molar-refractivity contribution in [1.82, 2.24) is 4.90 Å². The van der Waals surface area contributed by atoms with Gasteiger partial charge < -0.3 is 15.1 Å². The van der Waals surface area contributed by atoms with Crippen molar-refractivity contribution in [1.29, 1.82) is 0 Å². The molecule has 0 aliphatic carbocycles. The van der Waals surface area contributed by atoms with E-state index in [1.54, 1.807) is 12.1 Å². The quantitative estimate of drug-likeness (QED) is 0.423. The highest BCUT2D eigenvalue weighted by Crippen LogP contribution is 2.38. The number of amides is 1. The molecule has 1 aliphatic rings. The van der Waals surface area contributed by atoms with Crippen molar-refractivity contribution in [2.45, 2.75) is 31.7 Å². The van der Waals surface area contributed by atoms with Crippen molar-refractivity contribution in [3.8, 4) is 0 Å². The van der Waals surface area contributed by atoms with Crippen molar-refractivity contribution in [2.24, 2.45) is 0 Å². The lowest BCUT2D eigenvalue weighted by Gasteiger charge is -2.26. The average molecular weight is 437 g/mol. The van der Waals surface area contributed by atoms with Crippen molar-refractivity contribution in [2.75, 3.05) is 6.54 Å². The summed E-state index contributed by atoms with van der Waals surface area (Å²) in [6.07, 6.45) is 4.40. The van der Waals surface area contributed by atoms with Gasteiger partial charge in [-0.05, 0) is 42.2 Å². The summed E-state index contributed by atoms with van der Waals surface area (Å²) in [6, 6.07) is 13.8. The number of aliphatic hydroxyl groups excluding tert-OH is 1. The molecule has 3 rings (SSSR count). The Morgan fingerprint density at radius 2 is 1.78 bits per heavy atom. The van der Waals surface area contributed by atoms with E-state index in [-0.39, 0.29) is 18.5 Å². The van der Waals surface area contributed by atoms with Crippen LogP contribution in [0.1, 0.15) is 42.9 Å². The van der Waals surface area contributed by atoms with Crippen LogP contribution in [0.2, 0.25) is 0 Å². The number of benzene rings is 2. The van der Waals surface area contributed by atoms with Gasteiger partial charge in [0.25, 0.3) is 5.91 Å². The molecule has 1 aliphatic heterocycles. The summed E-state index contributed by atoms with van der Waals surface area (Å²) >= 11 is 0. The normalized spacial score (nSPS) is 16.2. The van der Waals surface area contributed by atoms with E-state index < -0.39 is 35.3 Å². The minimum atomic E-state index is -0.925. The number of carbonyl (C=O) groups is 3. The minimum absolute atomic E-state index is 0.0266. The third-order valence-electron chi connectivity index (χ3n) is 5.25. The third-order valence-corrected chi connectivity index (χ3v) is 5.25. The Morgan fingerprint density at radius 1 is 1.03 bits per heavy atom. The summed E-state index contributed by atoms with van der Waals surface area (Å²) in [4.78, 5) is 37.8. The molecule has 32 heavy (non-hydrogen) atoms. The molecule has 166 valence electrons. The molecule has 0 saturated heterocycles. The summed E-state index contributed by atoms with van der Waals surface area (Å²) in [5.41, 5.74) is 1.06. The number of halogens is 1. The van der Waals surface area contributed by atoms with Crippen LogP contribution in [0.15, 0.2) is 72.0 Å². The molecule has 7 heteroatoms. The lowest BCUT2D eigenvalue weighted by atomic mass is 9.95. The highest BCUT2D eigenvalue weighted by molar-refractivity contribution is 6.14. The predicted molar refractivity (Wildman–Crippen MR) is 117 cm³/mol. The molecule has 6 nitrogen and oxygen atoms in total. The summed E-state index contributed by atoms with van der Waals surface area (Å²) < 4.78 is 13.9. The van der Waals surface area contributed by atoms with Crippen molar-refractivity contribution in [3.63, 3.8) is 0 Å². The van der Waals surface area contributed by atoms with E-state index >= 15 is 0 Å². The minimum Gasteiger partial charge on any atom is -0.503 e. The largest absolute Gasteiger partial charge is 0.503 e. The van der Waals surface area contributed by atoms with E-state index in [9.17, 15) is 23.9 Å². The Labute approximate surface area is 185 Å². The molecule has 1 amide bonds. The van der Waals surface area contributed by atoms with Crippen molar-refractivity contribution in [3.05, 3.63) is 88.9 Å². The van der Waals surface area contributed by atoms with Crippen LogP contribution in [0.3, 0.4) is 0 Å². The zero-order valence-electron chi connectivity index (χ0n) is 17.4. The monoisotopic (exact) mass is 437 g/mol. The Balaban J connectivity index is 1.86. The number of allylic oxidation sites excluding steroid dienone is 1. The summed E-state index contributed by atoms with van der Waals surface area (Å²) in [5, 5.41) is 19.3. The molecule has 0 spiro atoms. The first-order chi connectivity index (χ1) is 15.4. The fourth-order valence-electron chi connectivity index (χ4n) is 3.72. The van der Waals surface area contributed by atoms with Gasteiger partial charge in [0, 0.05) is 13.0 Å². The van der Waals surface area contributed by atoms with E-state index in [1.165, 1.54) is 29.2 Å². The van der Waals surface area contributed by atoms with Crippen molar-refractivity contribution < 1.29 is 29.0 Å². The standard InChI is InChI=1S/C25H24FNO5/c26-19-11-7-10-18(16-19)23-22(20(28)14-13-17-8-3-1-4-9-17)24(31)25(32)27(23)15-6-2-5-12-21(29)30/h1,3-4,7-11,13-14,16,23,31H,2,5-6,12,15H2,(H,29,30)/b14-13+. The van der Waals surface area contributed by atoms with E-state index in [2.05, 4.69) is 0 Å². The number of aliphatic carboxylic acids is 1. The van der Waals surface area contributed by atoms with Gasteiger partial charge in [-0.25, -0.2) is 4.39 Å². The first-order valence-electron chi connectivity index (χ1n) is 10.4. The van der Waals surface area contributed by atoms with Gasteiger partial charge in [-0.1, -0.05) is 55.0 Å². The number of carboxylic acid groups (broad SMARTS) is 1. The second-order valence-electron chi connectivity index (χ2n) is 7.53. The molecule has 0 bridgehead atoms. The fourth-order valence-corrected chi connectivity index (χ4v) is 3.72. The molecule has 0 radical (unpaired) electrons. The van der Waals surface area contributed by atoms with Crippen LogP contribution in [-0.2, 0) is 14.4 Å².